The smallest absolute Gasteiger partial charge is 0.165 e. The van der Waals surface area contributed by atoms with E-state index in [0.29, 0.717) is 0 Å². The summed E-state index contributed by atoms with van der Waals surface area (Å²) in [6, 6.07) is 7.37. The van der Waals surface area contributed by atoms with Gasteiger partial charge < -0.3 is 10.1 Å². The Bertz CT molecular complexity index is 558. The maximum absolute atomic E-state index is 13.7. The van der Waals surface area contributed by atoms with E-state index in [1.54, 1.807) is 17.4 Å². The zero-order valence-electron chi connectivity index (χ0n) is 10.7. The van der Waals surface area contributed by atoms with Crippen molar-refractivity contribution in [2.75, 3.05) is 14.2 Å². The number of halogens is 2. The quantitative estimate of drug-likeness (QED) is 0.879. The number of methoxy groups -OCH3 is 1. The van der Waals surface area contributed by atoms with Crippen LogP contribution < -0.4 is 10.1 Å². The molecule has 0 saturated heterocycles. The summed E-state index contributed by atoms with van der Waals surface area (Å²) in [5.74, 6) is -0.0363. The molecule has 1 heterocycles. The van der Waals surface area contributed by atoms with Gasteiger partial charge in [0, 0.05) is 20.8 Å². The molecular weight excluding hydrogens is 329 g/mol. The summed E-state index contributed by atoms with van der Waals surface area (Å²) >= 11 is 5.14. The maximum Gasteiger partial charge on any atom is 0.165 e. The minimum atomic E-state index is -0.317. The van der Waals surface area contributed by atoms with Crippen LogP contribution in [0.2, 0.25) is 0 Å². The van der Waals surface area contributed by atoms with Crippen LogP contribution in [0.25, 0.3) is 0 Å². The van der Waals surface area contributed by atoms with Gasteiger partial charge in [0.15, 0.2) is 11.6 Å². The van der Waals surface area contributed by atoms with Crippen LogP contribution in [0, 0.1) is 5.82 Å². The molecule has 0 aliphatic heterocycles. The Kier molecular flexibility index (Phi) is 4.96. The molecule has 0 bridgehead atoms. The monoisotopic (exact) mass is 343 g/mol. The summed E-state index contributed by atoms with van der Waals surface area (Å²) < 4.78 is 19.7. The van der Waals surface area contributed by atoms with Crippen molar-refractivity contribution in [3.63, 3.8) is 0 Å². The van der Waals surface area contributed by atoms with Crippen molar-refractivity contribution in [3.05, 3.63) is 50.4 Å². The Morgan fingerprint density at radius 1 is 1.42 bits per heavy atom. The van der Waals surface area contributed by atoms with Gasteiger partial charge in [-0.2, -0.15) is 0 Å². The number of benzene rings is 1. The van der Waals surface area contributed by atoms with Crippen LogP contribution in [0.15, 0.2) is 34.1 Å². The highest BCUT2D eigenvalue weighted by atomic mass is 79.9. The molecule has 1 aromatic carbocycles. The first-order valence-corrected chi connectivity index (χ1v) is 7.55. The third kappa shape index (κ3) is 3.55. The number of nitrogens with one attached hydrogen (secondary N) is 1. The van der Waals surface area contributed by atoms with Crippen molar-refractivity contribution in [2.45, 2.75) is 12.5 Å². The van der Waals surface area contributed by atoms with Gasteiger partial charge in [0.25, 0.3) is 0 Å². The Morgan fingerprint density at radius 3 is 2.74 bits per heavy atom. The number of rotatable bonds is 5. The fourth-order valence-electron chi connectivity index (χ4n) is 1.93. The summed E-state index contributed by atoms with van der Waals surface area (Å²) in [4.78, 5) is 1.23. The lowest BCUT2D eigenvalue weighted by Gasteiger charge is -2.15. The van der Waals surface area contributed by atoms with Crippen LogP contribution in [0.4, 0.5) is 4.39 Å². The zero-order chi connectivity index (χ0) is 13.8. The van der Waals surface area contributed by atoms with Crippen molar-refractivity contribution in [2.24, 2.45) is 0 Å². The van der Waals surface area contributed by atoms with Crippen LogP contribution in [0.1, 0.15) is 16.5 Å². The molecule has 0 saturated carbocycles. The fraction of sp³-hybridized carbons (Fsp3) is 0.286. The number of hydrogen-bond acceptors (Lipinski definition) is 3. The van der Waals surface area contributed by atoms with Crippen molar-refractivity contribution in [1.82, 2.24) is 5.32 Å². The number of thiophene rings is 1. The van der Waals surface area contributed by atoms with Gasteiger partial charge in [0.05, 0.1) is 7.11 Å². The molecule has 2 rings (SSSR count). The largest absolute Gasteiger partial charge is 0.494 e. The van der Waals surface area contributed by atoms with Gasteiger partial charge in [-0.1, -0.05) is 6.07 Å². The van der Waals surface area contributed by atoms with Crippen LogP contribution in [0.3, 0.4) is 0 Å². The fourth-order valence-corrected chi connectivity index (χ4v) is 3.48. The van der Waals surface area contributed by atoms with E-state index in [0.717, 1.165) is 16.5 Å². The lowest BCUT2D eigenvalue weighted by atomic mass is 10.0. The van der Waals surface area contributed by atoms with E-state index in [1.165, 1.54) is 18.1 Å². The molecule has 1 aromatic heterocycles. The molecule has 1 atom stereocenters. The molecule has 0 radical (unpaired) electrons. The number of likely N-dealkylation sites (N-methyl/N-ethyl adjacent to an activating group) is 1. The maximum atomic E-state index is 13.7. The predicted octanol–water partition coefficient (Wildman–Crippen LogP) is 4.16. The number of ether oxygens (including phenoxy) is 1. The van der Waals surface area contributed by atoms with Crippen molar-refractivity contribution in [1.29, 1.82) is 0 Å². The van der Waals surface area contributed by atoms with Gasteiger partial charge >= 0.3 is 0 Å². The van der Waals surface area contributed by atoms with Gasteiger partial charge in [0.1, 0.15) is 0 Å². The van der Waals surface area contributed by atoms with E-state index >= 15 is 0 Å². The number of hydrogen-bond donors (Lipinski definition) is 1. The molecule has 5 heteroatoms. The second kappa shape index (κ2) is 6.50. The van der Waals surface area contributed by atoms with Gasteiger partial charge in [0.2, 0.25) is 0 Å². The summed E-state index contributed by atoms with van der Waals surface area (Å²) in [5, 5.41) is 5.31. The normalized spacial score (nSPS) is 12.4. The van der Waals surface area contributed by atoms with E-state index in [2.05, 4.69) is 27.3 Å². The van der Waals surface area contributed by atoms with Gasteiger partial charge in [-0.25, -0.2) is 4.39 Å². The molecule has 1 unspecified atom stereocenters. The van der Waals surface area contributed by atoms with E-state index < -0.39 is 0 Å². The lowest BCUT2D eigenvalue weighted by molar-refractivity contribution is 0.386. The van der Waals surface area contributed by atoms with E-state index in [9.17, 15) is 4.39 Å². The van der Waals surface area contributed by atoms with Gasteiger partial charge in [-0.3, -0.25) is 0 Å². The second-order valence-corrected chi connectivity index (χ2v) is 6.04. The minimum absolute atomic E-state index is 0.184. The molecule has 0 spiro atoms. The highest BCUT2D eigenvalue weighted by Crippen LogP contribution is 2.28. The molecular formula is C14H15BrFNOS. The van der Waals surface area contributed by atoms with Crippen molar-refractivity contribution < 1.29 is 9.13 Å². The minimum Gasteiger partial charge on any atom is -0.494 e. The highest BCUT2D eigenvalue weighted by molar-refractivity contribution is 9.10. The molecule has 0 amide bonds. The summed E-state index contributed by atoms with van der Waals surface area (Å²) in [6.07, 6.45) is 0.740. The first-order chi connectivity index (χ1) is 9.13. The third-order valence-corrected chi connectivity index (χ3v) is 4.74. The molecule has 2 nitrogen and oxygen atoms in total. The first kappa shape index (κ1) is 14.5. The Morgan fingerprint density at radius 2 is 2.21 bits per heavy atom. The molecule has 2 aromatic rings. The molecule has 1 N–H and O–H groups in total. The standard InChI is InChI=1S/C14H15BrFNOS/c1-17-12(14-7-10(15)8-19-14)6-9-3-4-13(18-2)11(16)5-9/h3-5,7-8,12,17H,6H2,1-2H3. The highest BCUT2D eigenvalue weighted by Gasteiger charge is 2.13. The van der Waals surface area contributed by atoms with E-state index in [-0.39, 0.29) is 17.6 Å². The zero-order valence-corrected chi connectivity index (χ0v) is 13.1. The van der Waals surface area contributed by atoms with Crippen LogP contribution in [0.5, 0.6) is 5.75 Å². The molecule has 0 fully saturated rings. The second-order valence-electron chi connectivity index (χ2n) is 4.18. The SMILES string of the molecule is CNC(Cc1ccc(OC)c(F)c1)c1cc(Br)cs1. The summed E-state index contributed by atoms with van der Waals surface area (Å²) in [5.41, 5.74) is 0.946. The summed E-state index contributed by atoms with van der Waals surface area (Å²) in [7, 11) is 3.38. The Labute approximate surface area is 124 Å². The first-order valence-electron chi connectivity index (χ1n) is 5.87. The van der Waals surface area contributed by atoms with Crippen molar-refractivity contribution in [3.8, 4) is 5.75 Å². The predicted molar refractivity (Wildman–Crippen MR) is 80.5 cm³/mol. The third-order valence-electron chi connectivity index (χ3n) is 2.94. The Balaban J connectivity index is 2.16. The molecule has 19 heavy (non-hydrogen) atoms. The topological polar surface area (TPSA) is 21.3 Å². The van der Waals surface area contributed by atoms with Crippen LogP contribution >= 0.6 is 27.3 Å². The van der Waals surface area contributed by atoms with Crippen LogP contribution in [-0.2, 0) is 6.42 Å². The lowest BCUT2D eigenvalue weighted by Crippen LogP contribution is -2.17. The average Bonchev–Trinajstić information content (AvgIpc) is 2.82. The molecule has 102 valence electrons. The average molecular weight is 344 g/mol. The van der Waals surface area contributed by atoms with E-state index in [1.807, 2.05) is 18.5 Å². The Hall–Kier alpha value is -0.910. The van der Waals surface area contributed by atoms with Gasteiger partial charge in [-0.15, -0.1) is 11.3 Å². The molecule has 0 aliphatic carbocycles. The van der Waals surface area contributed by atoms with Crippen molar-refractivity contribution >= 4 is 27.3 Å². The summed E-state index contributed by atoms with van der Waals surface area (Å²) in [6.45, 7) is 0. The van der Waals surface area contributed by atoms with E-state index in [4.69, 9.17) is 4.74 Å². The van der Waals surface area contributed by atoms with Gasteiger partial charge in [-0.05, 0) is 53.2 Å². The molecule has 0 aliphatic rings. The van der Waals surface area contributed by atoms with Crippen LogP contribution in [-0.4, -0.2) is 14.2 Å².